The van der Waals surface area contributed by atoms with E-state index in [9.17, 15) is 14.7 Å². The molecule has 1 aliphatic heterocycles. The van der Waals surface area contributed by atoms with E-state index in [0.29, 0.717) is 35.9 Å². The molecule has 0 aromatic heterocycles. The normalized spacial score (nSPS) is 16.6. The first-order chi connectivity index (χ1) is 12.5. The first-order valence-corrected chi connectivity index (χ1v) is 10.8. The summed E-state index contributed by atoms with van der Waals surface area (Å²) in [5.74, 6) is 2.10. The molecular formula is C16H29N3O5S2. The minimum atomic E-state index is -0.777. The Morgan fingerprint density at radius 2 is 1.62 bits per heavy atom. The van der Waals surface area contributed by atoms with Crippen LogP contribution in [0.5, 0.6) is 0 Å². The molecule has 1 heterocycles. The molecule has 0 radical (unpaired) electrons. The minimum absolute atomic E-state index is 0.0818. The lowest BCUT2D eigenvalue weighted by atomic mass is 10.3. The molecule has 0 aromatic rings. The van der Waals surface area contributed by atoms with Crippen LogP contribution in [-0.4, -0.2) is 104 Å². The molecule has 3 N–H and O–H groups in total. The predicted octanol–water partition coefficient (Wildman–Crippen LogP) is -0.433. The zero-order chi connectivity index (χ0) is 19.4. The van der Waals surface area contributed by atoms with Crippen LogP contribution in [0.1, 0.15) is 12.8 Å². The number of hydrogen-bond acceptors (Lipinski definition) is 8. The molecule has 150 valence electrons. The van der Waals surface area contributed by atoms with Gasteiger partial charge in [0.2, 0.25) is 11.8 Å². The molecule has 8 nitrogen and oxygen atoms in total. The highest BCUT2D eigenvalue weighted by Crippen LogP contribution is 2.16. The topological polar surface area (TPSA) is 105 Å². The monoisotopic (exact) mass is 407 g/mol. The van der Waals surface area contributed by atoms with Crippen LogP contribution in [0, 0.1) is 0 Å². The van der Waals surface area contributed by atoms with Gasteiger partial charge < -0.3 is 25.1 Å². The maximum Gasteiger partial charge on any atom is 0.248 e. The van der Waals surface area contributed by atoms with E-state index in [4.69, 9.17) is 10.2 Å². The van der Waals surface area contributed by atoms with E-state index >= 15 is 0 Å². The van der Waals surface area contributed by atoms with E-state index in [0.717, 1.165) is 0 Å². The van der Waals surface area contributed by atoms with E-state index in [-0.39, 0.29) is 45.0 Å². The lowest BCUT2D eigenvalue weighted by Crippen LogP contribution is -2.60. The molecule has 1 unspecified atom stereocenters. The Labute approximate surface area is 163 Å². The van der Waals surface area contributed by atoms with Gasteiger partial charge in [0.1, 0.15) is 6.23 Å². The Balaban J connectivity index is 2.61. The standard InChI is InChI=1S/C16H29N3O5S2/c1-2-14(22)17-11-18(15(23)3-7-25-9-5-20)13-19(12-17)16(24)4-8-26-10-6-21/h2,15,20-21,23H,1,3-13H2. The van der Waals surface area contributed by atoms with E-state index in [1.807, 2.05) is 0 Å². The van der Waals surface area contributed by atoms with Crippen LogP contribution in [0.15, 0.2) is 12.7 Å². The Kier molecular flexibility index (Phi) is 12.0. The van der Waals surface area contributed by atoms with Crippen molar-refractivity contribution in [3.63, 3.8) is 0 Å². The highest BCUT2D eigenvalue weighted by Gasteiger charge is 2.31. The number of thioether (sulfide) groups is 2. The van der Waals surface area contributed by atoms with Crippen LogP contribution in [-0.2, 0) is 9.59 Å². The number of aliphatic hydroxyl groups excluding tert-OH is 3. The van der Waals surface area contributed by atoms with Gasteiger partial charge >= 0.3 is 0 Å². The summed E-state index contributed by atoms with van der Waals surface area (Å²) in [5.41, 5.74) is 0. The van der Waals surface area contributed by atoms with Crippen LogP contribution < -0.4 is 0 Å². The van der Waals surface area contributed by atoms with Gasteiger partial charge in [-0.1, -0.05) is 6.58 Å². The number of aliphatic hydroxyl groups is 3. The molecule has 0 aromatic carbocycles. The van der Waals surface area contributed by atoms with Gasteiger partial charge in [-0.3, -0.25) is 9.59 Å². The summed E-state index contributed by atoms with van der Waals surface area (Å²) in [5, 5.41) is 28.0. The number of carbonyl (C=O) groups is 2. The van der Waals surface area contributed by atoms with Crippen molar-refractivity contribution in [2.24, 2.45) is 0 Å². The average Bonchev–Trinajstić information content (AvgIpc) is 2.67. The van der Waals surface area contributed by atoms with Crippen LogP contribution in [0.25, 0.3) is 0 Å². The Bertz CT molecular complexity index is 456. The highest BCUT2D eigenvalue weighted by molar-refractivity contribution is 7.99. The van der Waals surface area contributed by atoms with Gasteiger partial charge in [-0.15, -0.1) is 0 Å². The van der Waals surface area contributed by atoms with Gasteiger partial charge in [0.25, 0.3) is 0 Å². The van der Waals surface area contributed by atoms with Gasteiger partial charge in [-0.25, -0.2) is 4.90 Å². The fourth-order valence-corrected chi connectivity index (χ4v) is 3.78. The summed E-state index contributed by atoms with van der Waals surface area (Å²) in [6, 6.07) is 0. The van der Waals surface area contributed by atoms with E-state index in [2.05, 4.69) is 6.58 Å². The van der Waals surface area contributed by atoms with Crippen molar-refractivity contribution in [3.05, 3.63) is 12.7 Å². The van der Waals surface area contributed by atoms with Crippen molar-refractivity contribution in [3.8, 4) is 0 Å². The van der Waals surface area contributed by atoms with Crippen molar-refractivity contribution >= 4 is 35.3 Å². The third kappa shape index (κ3) is 8.28. The fourth-order valence-electron chi connectivity index (χ4n) is 2.42. The van der Waals surface area contributed by atoms with E-state index in [1.165, 1.54) is 22.7 Å². The third-order valence-electron chi connectivity index (χ3n) is 3.76. The largest absolute Gasteiger partial charge is 0.396 e. The lowest BCUT2D eigenvalue weighted by molar-refractivity contribution is -0.159. The zero-order valence-electron chi connectivity index (χ0n) is 15.0. The Morgan fingerprint density at radius 1 is 1.00 bits per heavy atom. The molecule has 10 heteroatoms. The summed E-state index contributed by atoms with van der Waals surface area (Å²) < 4.78 is 0. The second-order valence-corrected chi connectivity index (χ2v) is 8.17. The van der Waals surface area contributed by atoms with Crippen molar-refractivity contribution < 1.29 is 24.9 Å². The summed E-state index contributed by atoms with van der Waals surface area (Å²) in [7, 11) is 0. The summed E-state index contributed by atoms with van der Waals surface area (Å²) in [6.45, 7) is 4.34. The highest BCUT2D eigenvalue weighted by atomic mass is 32.2. The zero-order valence-corrected chi connectivity index (χ0v) is 16.6. The molecule has 0 saturated carbocycles. The van der Waals surface area contributed by atoms with Crippen molar-refractivity contribution in [1.82, 2.24) is 14.7 Å². The lowest BCUT2D eigenvalue weighted by Gasteiger charge is -2.43. The molecule has 1 rings (SSSR count). The molecule has 1 atom stereocenters. The first-order valence-electron chi connectivity index (χ1n) is 8.52. The second kappa shape index (κ2) is 13.4. The third-order valence-corrected chi connectivity index (χ3v) is 5.72. The molecule has 0 aliphatic carbocycles. The van der Waals surface area contributed by atoms with Crippen molar-refractivity contribution in [1.29, 1.82) is 0 Å². The van der Waals surface area contributed by atoms with Gasteiger partial charge in [0.05, 0.1) is 33.2 Å². The van der Waals surface area contributed by atoms with Gasteiger partial charge in [0, 0.05) is 23.7 Å². The maximum absolute atomic E-state index is 12.4. The number of nitrogens with zero attached hydrogens (tertiary/aromatic N) is 3. The Morgan fingerprint density at radius 3 is 2.23 bits per heavy atom. The predicted molar refractivity (Wildman–Crippen MR) is 104 cm³/mol. The molecular weight excluding hydrogens is 378 g/mol. The van der Waals surface area contributed by atoms with Crippen molar-refractivity contribution in [2.45, 2.75) is 19.1 Å². The van der Waals surface area contributed by atoms with Gasteiger partial charge in [0.15, 0.2) is 0 Å². The molecule has 0 spiro atoms. The summed E-state index contributed by atoms with van der Waals surface area (Å²) >= 11 is 3.04. The van der Waals surface area contributed by atoms with Gasteiger partial charge in [-0.2, -0.15) is 23.5 Å². The summed E-state index contributed by atoms with van der Waals surface area (Å²) in [6.07, 6.45) is 1.22. The molecule has 26 heavy (non-hydrogen) atoms. The molecule has 1 saturated heterocycles. The summed E-state index contributed by atoms with van der Waals surface area (Å²) in [4.78, 5) is 29.1. The quantitative estimate of drug-likeness (QED) is 0.296. The molecule has 0 bridgehead atoms. The van der Waals surface area contributed by atoms with Crippen LogP contribution >= 0.6 is 23.5 Å². The first kappa shape index (κ1) is 23.3. The smallest absolute Gasteiger partial charge is 0.248 e. The number of rotatable bonds is 12. The SMILES string of the molecule is C=CC(=O)N1CN(C(=O)CCSCCO)CN(C(O)CCSCCO)C1. The van der Waals surface area contributed by atoms with E-state index < -0.39 is 6.23 Å². The van der Waals surface area contributed by atoms with Crippen LogP contribution in [0.2, 0.25) is 0 Å². The molecule has 1 aliphatic rings. The number of amides is 2. The van der Waals surface area contributed by atoms with Crippen LogP contribution in [0.4, 0.5) is 0 Å². The molecule has 2 amide bonds. The van der Waals surface area contributed by atoms with Gasteiger partial charge in [-0.05, 0) is 18.2 Å². The second-order valence-electron chi connectivity index (χ2n) is 5.72. The number of carbonyl (C=O) groups excluding carboxylic acids is 2. The number of hydrogen-bond donors (Lipinski definition) is 3. The average molecular weight is 408 g/mol. The minimum Gasteiger partial charge on any atom is -0.396 e. The Hall–Kier alpha value is -0.780. The van der Waals surface area contributed by atoms with Crippen molar-refractivity contribution in [2.75, 3.05) is 56.2 Å². The fraction of sp³-hybridized carbons (Fsp3) is 0.750. The van der Waals surface area contributed by atoms with Crippen LogP contribution in [0.3, 0.4) is 0 Å². The van der Waals surface area contributed by atoms with E-state index in [1.54, 1.807) is 21.6 Å². The molecule has 1 fully saturated rings. The maximum atomic E-state index is 12.4.